The summed E-state index contributed by atoms with van der Waals surface area (Å²) in [5.41, 5.74) is -1.26. The molecule has 144 valence electrons. The molecule has 0 spiro atoms. The number of rotatable bonds is 6. The lowest BCUT2D eigenvalue weighted by Crippen LogP contribution is -2.57. The number of esters is 1. The van der Waals surface area contributed by atoms with Crippen LogP contribution in [0, 0.1) is 17.3 Å². The van der Waals surface area contributed by atoms with E-state index in [2.05, 4.69) is 9.37 Å². The first kappa shape index (κ1) is 19.2. The van der Waals surface area contributed by atoms with E-state index >= 15 is 0 Å². The average Bonchev–Trinajstić information content (AvgIpc) is 2.46. The molecule has 4 aliphatic carbocycles. The van der Waals surface area contributed by atoms with Gasteiger partial charge in [0, 0.05) is 5.41 Å². The van der Waals surface area contributed by atoms with Crippen molar-refractivity contribution in [3.63, 3.8) is 0 Å². The van der Waals surface area contributed by atoms with Gasteiger partial charge in [0.1, 0.15) is 0 Å². The second-order valence-corrected chi connectivity index (χ2v) is 9.13. The van der Waals surface area contributed by atoms with Gasteiger partial charge >= 0.3 is 12.1 Å². The smallest absolute Gasteiger partial charge is 0.415 e. The summed E-state index contributed by atoms with van der Waals surface area (Å²) < 4.78 is 45.4. The van der Waals surface area contributed by atoms with Gasteiger partial charge < -0.3 is 15.1 Å². The van der Waals surface area contributed by atoms with Gasteiger partial charge in [0.25, 0.3) is 0 Å². The lowest BCUT2D eigenvalue weighted by Gasteiger charge is -2.59. The third-order valence-electron chi connectivity index (χ3n) is 5.82. The van der Waals surface area contributed by atoms with Crippen LogP contribution < -0.4 is 5.26 Å². The van der Waals surface area contributed by atoms with Crippen molar-refractivity contribution in [2.24, 2.45) is 17.3 Å². The Morgan fingerprint density at radius 1 is 1.28 bits per heavy atom. The first-order valence-electron chi connectivity index (χ1n) is 8.12. The van der Waals surface area contributed by atoms with Crippen LogP contribution >= 0.6 is 12.0 Å². The summed E-state index contributed by atoms with van der Waals surface area (Å²) >= 11 is -0.429. The Morgan fingerprint density at radius 2 is 1.88 bits per heavy atom. The van der Waals surface area contributed by atoms with Crippen LogP contribution in [-0.4, -0.2) is 34.2 Å². The Morgan fingerprint density at radius 3 is 2.36 bits per heavy atom. The van der Waals surface area contributed by atoms with Gasteiger partial charge in [-0.15, -0.1) is 0 Å². The number of alkyl halides is 3. The topological polar surface area (TPSA) is 88.0 Å². The van der Waals surface area contributed by atoms with Crippen LogP contribution in [0.2, 0.25) is 0 Å². The lowest BCUT2D eigenvalue weighted by molar-refractivity contribution is -0.777. The molecule has 4 saturated carbocycles. The number of carbonyl (C=O) groups excluding carboxylic acids is 1. The Balaban J connectivity index is 1.69. The first-order chi connectivity index (χ1) is 11.5. The Bertz CT molecular complexity index is 528. The number of ether oxygens (including phenoxy) is 1. The van der Waals surface area contributed by atoms with Gasteiger partial charge in [-0.05, 0) is 57.3 Å². The SMILES string of the molecule is CC(SOO[O-])(C(=O)OCC12CC3CC(CC(O)(C3)C1)C2)C(F)(F)F. The van der Waals surface area contributed by atoms with E-state index in [1.807, 2.05) is 0 Å². The van der Waals surface area contributed by atoms with Gasteiger partial charge in [0.05, 0.1) is 24.3 Å². The molecule has 4 aliphatic rings. The Kier molecular flexibility index (Phi) is 4.81. The van der Waals surface area contributed by atoms with E-state index in [1.165, 1.54) is 0 Å². The van der Waals surface area contributed by atoms with Crippen molar-refractivity contribution in [1.29, 1.82) is 0 Å². The van der Waals surface area contributed by atoms with Crippen LogP contribution in [0.4, 0.5) is 13.2 Å². The van der Waals surface area contributed by atoms with Crippen molar-refractivity contribution in [3.05, 3.63) is 0 Å². The zero-order valence-electron chi connectivity index (χ0n) is 13.6. The Hall–Kier alpha value is -0.550. The fourth-order valence-electron chi connectivity index (χ4n) is 5.21. The molecule has 1 N–H and O–H groups in total. The number of hydrogen-bond acceptors (Lipinski definition) is 7. The molecule has 0 amide bonds. The molecule has 0 saturated heterocycles. The molecule has 4 bridgehead atoms. The van der Waals surface area contributed by atoms with Crippen LogP contribution in [0.5, 0.6) is 0 Å². The average molecular weight is 385 g/mol. The van der Waals surface area contributed by atoms with Crippen molar-refractivity contribution in [3.8, 4) is 0 Å². The number of halogens is 3. The molecule has 0 heterocycles. The normalized spacial score (nSPS) is 39.3. The number of aliphatic hydroxyl groups is 1. The van der Waals surface area contributed by atoms with Crippen molar-refractivity contribution in [2.75, 3.05) is 6.61 Å². The molecule has 6 nitrogen and oxygen atoms in total. The van der Waals surface area contributed by atoms with Crippen LogP contribution in [0.1, 0.15) is 45.4 Å². The highest BCUT2D eigenvalue weighted by Gasteiger charge is 2.62. The number of hydrogen-bond donors (Lipinski definition) is 1. The van der Waals surface area contributed by atoms with Crippen LogP contribution in [-0.2, 0) is 18.9 Å². The highest BCUT2D eigenvalue weighted by molar-refractivity contribution is 7.96. The summed E-state index contributed by atoms with van der Waals surface area (Å²) in [6.07, 6.45) is -0.621. The molecular weight excluding hydrogens is 365 g/mol. The van der Waals surface area contributed by atoms with E-state index in [0.29, 0.717) is 38.0 Å². The third kappa shape index (κ3) is 3.51. The molecule has 0 aromatic heterocycles. The molecule has 0 aromatic rings. The van der Waals surface area contributed by atoms with Crippen LogP contribution in [0.15, 0.2) is 0 Å². The third-order valence-corrected chi connectivity index (χ3v) is 6.67. The van der Waals surface area contributed by atoms with Crippen LogP contribution in [0.25, 0.3) is 0 Å². The molecule has 0 radical (unpaired) electrons. The second-order valence-electron chi connectivity index (χ2n) is 8.01. The van der Waals surface area contributed by atoms with Crippen molar-refractivity contribution in [2.45, 2.75) is 62.0 Å². The predicted molar refractivity (Wildman–Crippen MR) is 77.2 cm³/mol. The minimum absolute atomic E-state index is 0.175. The van der Waals surface area contributed by atoms with Crippen molar-refractivity contribution < 1.29 is 42.4 Å². The largest absolute Gasteiger partial charge is 0.691 e. The van der Waals surface area contributed by atoms with Gasteiger partial charge in [-0.3, -0.25) is 9.83 Å². The standard InChI is InChI=1S/C15H21F3O6S/c1-12(15(16,17)18,25-24-23-21)11(19)22-8-13-3-9-2-10(4-13)6-14(20,5-9)7-13/h9-10,20-21H,2-8H2,1H3/p-1. The summed E-state index contributed by atoms with van der Waals surface area (Å²) in [6.45, 7) is 0.401. The van der Waals surface area contributed by atoms with Crippen LogP contribution in [0.3, 0.4) is 0 Å². The van der Waals surface area contributed by atoms with Crippen molar-refractivity contribution in [1.82, 2.24) is 0 Å². The van der Waals surface area contributed by atoms with E-state index in [0.717, 1.165) is 19.3 Å². The van der Waals surface area contributed by atoms with E-state index in [1.54, 1.807) is 0 Å². The zero-order chi connectivity index (χ0) is 18.5. The van der Waals surface area contributed by atoms with Gasteiger partial charge in [-0.1, -0.05) is 0 Å². The molecule has 25 heavy (non-hydrogen) atoms. The maximum atomic E-state index is 13.2. The lowest BCUT2D eigenvalue weighted by atomic mass is 9.48. The predicted octanol–water partition coefficient (Wildman–Crippen LogP) is 2.05. The maximum absolute atomic E-state index is 13.2. The monoisotopic (exact) mass is 385 g/mol. The summed E-state index contributed by atoms with van der Waals surface area (Å²) in [5, 5.41) is 23.4. The van der Waals surface area contributed by atoms with E-state index in [9.17, 15) is 28.3 Å². The fraction of sp³-hybridized carbons (Fsp3) is 0.933. The molecule has 4 fully saturated rings. The molecule has 10 heteroatoms. The summed E-state index contributed by atoms with van der Waals surface area (Å²) in [5.74, 6) is -0.888. The second kappa shape index (κ2) is 6.26. The molecule has 4 rings (SSSR count). The quantitative estimate of drug-likeness (QED) is 0.324. The Labute approximate surface area is 147 Å². The van der Waals surface area contributed by atoms with Gasteiger partial charge in [0.2, 0.25) is 4.75 Å². The van der Waals surface area contributed by atoms with Gasteiger partial charge in [-0.2, -0.15) is 17.5 Å². The highest BCUT2D eigenvalue weighted by Crippen LogP contribution is 2.61. The molecule has 3 unspecified atom stereocenters. The van der Waals surface area contributed by atoms with E-state index in [4.69, 9.17) is 4.74 Å². The van der Waals surface area contributed by atoms with E-state index in [-0.39, 0.29) is 6.61 Å². The fourth-order valence-corrected chi connectivity index (χ4v) is 5.59. The minimum Gasteiger partial charge on any atom is -0.691 e. The summed E-state index contributed by atoms with van der Waals surface area (Å²) in [4.78, 5) is 12.1. The molecule has 3 atom stereocenters. The molecular formula is C15H20F3O6S-. The van der Waals surface area contributed by atoms with Crippen molar-refractivity contribution >= 4 is 18.0 Å². The molecule has 0 aromatic carbocycles. The summed E-state index contributed by atoms with van der Waals surface area (Å²) in [6, 6.07) is 0. The molecule has 0 aliphatic heterocycles. The first-order valence-corrected chi connectivity index (χ1v) is 8.86. The van der Waals surface area contributed by atoms with Gasteiger partial charge in [0.15, 0.2) is 0 Å². The minimum atomic E-state index is -4.99. The highest BCUT2D eigenvalue weighted by atomic mass is 32.2. The summed E-state index contributed by atoms with van der Waals surface area (Å²) in [7, 11) is 0. The van der Waals surface area contributed by atoms with E-state index < -0.39 is 40.0 Å². The van der Waals surface area contributed by atoms with Gasteiger partial charge in [-0.25, -0.2) is 0 Å². The number of carbonyl (C=O) groups is 1. The zero-order valence-corrected chi connectivity index (χ0v) is 14.5. The maximum Gasteiger partial charge on any atom is 0.415 e.